The molecule has 228 valence electrons. The van der Waals surface area contributed by atoms with E-state index in [1.54, 1.807) is 0 Å². The number of nitrogens with one attached hydrogen (secondary N) is 5. The first kappa shape index (κ1) is 28.2. The van der Waals surface area contributed by atoms with Crippen molar-refractivity contribution in [3.05, 3.63) is 23.8 Å². The van der Waals surface area contributed by atoms with Gasteiger partial charge < -0.3 is 31.3 Å². The summed E-state index contributed by atoms with van der Waals surface area (Å²) in [5, 5.41) is 39.5. The van der Waals surface area contributed by atoms with Gasteiger partial charge in [-0.15, -0.1) is 0 Å². The Balaban J connectivity index is 0.894. The van der Waals surface area contributed by atoms with Crippen molar-refractivity contribution >= 4 is 11.4 Å². The van der Waals surface area contributed by atoms with Crippen molar-refractivity contribution < 1.29 is 14.9 Å². The van der Waals surface area contributed by atoms with Crippen LogP contribution in [0.15, 0.2) is 18.2 Å². The lowest BCUT2D eigenvalue weighted by atomic mass is 9.76. The summed E-state index contributed by atoms with van der Waals surface area (Å²) in [5.41, 5.74) is 10.6. The van der Waals surface area contributed by atoms with Crippen LogP contribution in [0.25, 0.3) is 0 Å². The predicted octanol–water partition coefficient (Wildman–Crippen LogP) is 0.610. The van der Waals surface area contributed by atoms with Crippen LogP contribution in [0.2, 0.25) is 0 Å². The predicted molar refractivity (Wildman–Crippen MR) is 159 cm³/mol. The third kappa shape index (κ3) is 5.27. The van der Waals surface area contributed by atoms with E-state index in [4.69, 9.17) is 10.5 Å². The summed E-state index contributed by atoms with van der Waals surface area (Å²) in [7, 11) is 0. The van der Waals surface area contributed by atoms with Crippen LogP contribution in [0.3, 0.4) is 0 Å². The molecule has 0 spiro atoms. The van der Waals surface area contributed by atoms with E-state index in [2.05, 4.69) is 75.4 Å². The van der Waals surface area contributed by atoms with Gasteiger partial charge in [0.15, 0.2) is 0 Å². The van der Waals surface area contributed by atoms with Crippen LogP contribution in [-0.2, 0) is 10.2 Å². The molecule has 41 heavy (non-hydrogen) atoms. The number of nitrogens with two attached hydrogens (primary N) is 1. The first-order valence-electron chi connectivity index (χ1n) is 15.9. The summed E-state index contributed by atoms with van der Waals surface area (Å²) in [6.07, 6.45) is 4.44. The number of anilines is 2. The van der Waals surface area contributed by atoms with E-state index in [1.165, 1.54) is 49.0 Å². The molecule has 1 aromatic carbocycles. The maximum Gasteiger partial charge on any atom is 0.142 e. The van der Waals surface area contributed by atoms with Crippen molar-refractivity contribution in [1.29, 1.82) is 0 Å². The number of hydrogen-bond donors (Lipinski definition) is 8. The number of nitrogens with zero attached hydrogens (tertiary/aromatic N) is 2. The normalized spacial score (nSPS) is 41.2. The second-order valence-corrected chi connectivity index (χ2v) is 14.0. The van der Waals surface area contributed by atoms with Gasteiger partial charge in [0.25, 0.3) is 0 Å². The molecular weight excluding hydrogens is 520 g/mol. The van der Waals surface area contributed by atoms with Crippen molar-refractivity contribution in [2.45, 2.75) is 126 Å². The van der Waals surface area contributed by atoms with Crippen LogP contribution in [0.1, 0.15) is 64.9 Å². The Hall–Kier alpha value is -1.54. The highest BCUT2D eigenvalue weighted by atomic mass is 16.6. The van der Waals surface area contributed by atoms with E-state index in [0.717, 1.165) is 6.42 Å². The van der Waals surface area contributed by atoms with E-state index in [9.17, 15) is 10.2 Å². The Morgan fingerprint density at radius 1 is 1.07 bits per heavy atom. The third-order valence-corrected chi connectivity index (χ3v) is 10.9. The van der Waals surface area contributed by atoms with Crippen LogP contribution in [-0.4, -0.2) is 101 Å². The number of fused-ring (bicyclic) bond motifs is 2. The van der Waals surface area contributed by atoms with Crippen molar-refractivity contribution in [1.82, 2.24) is 25.8 Å². The number of aliphatic hydroxyl groups is 2. The van der Waals surface area contributed by atoms with Gasteiger partial charge in [-0.05, 0) is 81.4 Å². The van der Waals surface area contributed by atoms with Crippen LogP contribution < -0.4 is 32.3 Å². The zero-order chi connectivity index (χ0) is 28.5. The summed E-state index contributed by atoms with van der Waals surface area (Å²) < 4.78 is 6.39. The molecule has 3 saturated heterocycles. The second-order valence-electron chi connectivity index (χ2n) is 14.0. The van der Waals surface area contributed by atoms with Crippen LogP contribution >= 0.6 is 0 Å². The minimum absolute atomic E-state index is 0.0160. The van der Waals surface area contributed by atoms with Crippen molar-refractivity contribution in [2.24, 2.45) is 11.7 Å². The second kappa shape index (κ2) is 10.9. The molecule has 0 radical (unpaired) electrons. The summed E-state index contributed by atoms with van der Waals surface area (Å²) in [5.74, 6) is 0.713. The molecular formula is C30H50N8O3. The molecule has 11 nitrogen and oxygen atoms in total. The molecule has 0 bridgehead atoms. The van der Waals surface area contributed by atoms with Gasteiger partial charge in [-0.1, -0.05) is 13.0 Å². The van der Waals surface area contributed by atoms with E-state index in [0.29, 0.717) is 49.5 Å². The van der Waals surface area contributed by atoms with Gasteiger partial charge in [-0.3, -0.25) is 20.9 Å². The molecule has 1 aromatic rings. The minimum Gasteiger partial charge on any atom is -0.387 e. The number of hydrogen-bond acceptors (Lipinski definition) is 11. The molecule has 6 aliphatic rings. The number of benzene rings is 1. The smallest absolute Gasteiger partial charge is 0.142 e. The molecule has 4 aliphatic heterocycles. The Morgan fingerprint density at radius 2 is 1.85 bits per heavy atom. The molecule has 0 aromatic heterocycles. The molecule has 8 atom stereocenters. The Bertz CT molecular complexity index is 1100. The van der Waals surface area contributed by atoms with Crippen molar-refractivity contribution in [3.63, 3.8) is 0 Å². The molecule has 4 unspecified atom stereocenters. The summed E-state index contributed by atoms with van der Waals surface area (Å²) >= 11 is 0. The van der Waals surface area contributed by atoms with E-state index in [1.807, 2.05) is 0 Å². The lowest BCUT2D eigenvalue weighted by Gasteiger charge is -2.46. The molecule has 2 saturated carbocycles. The van der Waals surface area contributed by atoms with Crippen LogP contribution in [0.4, 0.5) is 11.4 Å². The van der Waals surface area contributed by atoms with Crippen molar-refractivity contribution in [3.8, 4) is 0 Å². The summed E-state index contributed by atoms with van der Waals surface area (Å²) in [6, 6.07) is 7.74. The number of rotatable bonds is 9. The SMILES string of the molecule is CC(C)N(C[C@H]1O[C@@H](N2CNC3C(N)NCNC32)[C@H](O)[C@@H]1O)C1CC(CCC2Nc3ccc(C4(C)CC4)cc3N2)C1. The lowest BCUT2D eigenvalue weighted by Crippen LogP contribution is -2.68. The number of ether oxygens (including phenoxy) is 1. The molecule has 5 fully saturated rings. The quantitative estimate of drug-likeness (QED) is 0.212. The highest BCUT2D eigenvalue weighted by Crippen LogP contribution is 2.49. The average molecular weight is 571 g/mol. The number of aliphatic hydroxyl groups excluding tert-OH is 2. The van der Waals surface area contributed by atoms with Gasteiger partial charge in [0.2, 0.25) is 0 Å². The van der Waals surface area contributed by atoms with Gasteiger partial charge in [0.05, 0.1) is 42.6 Å². The zero-order valence-corrected chi connectivity index (χ0v) is 24.7. The Kier molecular flexibility index (Phi) is 7.49. The highest BCUT2D eigenvalue weighted by molar-refractivity contribution is 5.75. The van der Waals surface area contributed by atoms with Gasteiger partial charge in [-0.25, -0.2) is 4.90 Å². The topological polar surface area (TPSA) is 142 Å². The molecule has 2 aliphatic carbocycles. The minimum atomic E-state index is -0.963. The van der Waals surface area contributed by atoms with Gasteiger partial charge in [-0.2, -0.15) is 0 Å². The highest BCUT2D eigenvalue weighted by Gasteiger charge is 2.52. The Morgan fingerprint density at radius 3 is 2.61 bits per heavy atom. The molecule has 0 amide bonds. The standard InChI is InChI=1S/C30H50N8O3/c1-16(2)37(13-22-25(39)26(40)29(41-22)38-15-34-24-27(31)32-14-33-28(24)38)19-10-17(11-19)4-7-23-35-20-6-5-18(12-21(20)36-23)30(3)8-9-30/h5-6,12,16-17,19,22-29,32-36,39-40H,4,7-11,13-15,31H2,1-3H3/t17?,19?,22-,23?,24?,25-,26-,27?,28?,29-/m1/s1. The van der Waals surface area contributed by atoms with Crippen molar-refractivity contribution in [2.75, 3.05) is 30.5 Å². The van der Waals surface area contributed by atoms with Crippen LogP contribution in [0, 0.1) is 5.92 Å². The largest absolute Gasteiger partial charge is 0.387 e. The first-order valence-corrected chi connectivity index (χ1v) is 15.9. The maximum absolute atomic E-state index is 11.0. The molecule has 7 rings (SSSR count). The first-order chi connectivity index (χ1) is 19.7. The molecule has 11 heteroatoms. The third-order valence-electron chi connectivity index (χ3n) is 10.9. The lowest BCUT2D eigenvalue weighted by molar-refractivity contribution is -0.112. The maximum atomic E-state index is 11.0. The summed E-state index contributed by atoms with van der Waals surface area (Å²) in [4.78, 5) is 4.54. The fourth-order valence-corrected chi connectivity index (χ4v) is 7.80. The average Bonchev–Trinajstić information content (AvgIpc) is 3.24. The molecule has 9 N–H and O–H groups in total. The van der Waals surface area contributed by atoms with E-state index < -0.39 is 24.5 Å². The van der Waals surface area contributed by atoms with Crippen LogP contribution in [0.5, 0.6) is 0 Å². The summed E-state index contributed by atoms with van der Waals surface area (Å²) in [6.45, 7) is 8.57. The fourth-order valence-electron chi connectivity index (χ4n) is 7.80. The van der Waals surface area contributed by atoms with E-state index in [-0.39, 0.29) is 18.4 Å². The monoisotopic (exact) mass is 570 g/mol. The van der Waals surface area contributed by atoms with Gasteiger partial charge >= 0.3 is 0 Å². The zero-order valence-electron chi connectivity index (χ0n) is 24.7. The molecule has 4 heterocycles. The fraction of sp³-hybridized carbons (Fsp3) is 0.800. The van der Waals surface area contributed by atoms with Gasteiger partial charge in [0, 0.05) is 25.3 Å². The van der Waals surface area contributed by atoms with E-state index >= 15 is 0 Å². The van der Waals surface area contributed by atoms with Gasteiger partial charge in [0.1, 0.15) is 24.5 Å². The Labute approximate surface area is 243 Å².